The van der Waals surface area contributed by atoms with Crippen molar-refractivity contribution in [3.63, 3.8) is 0 Å². The van der Waals surface area contributed by atoms with Gasteiger partial charge in [-0.2, -0.15) is 5.26 Å². The van der Waals surface area contributed by atoms with Crippen LogP contribution >= 0.6 is 0 Å². The third-order valence-electron chi connectivity index (χ3n) is 2.88. The second kappa shape index (κ2) is 5.87. The van der Waals surface area contributed by atoms with Crippen LogP contribution in [0, 0.1) is 11.3 Å². The number of hydrogen-bond acceptors (Lipinski definition) is 4. The van der Waals surface area contributed by atoms with Crippen molar-refractivity contribution in [3.05, 3.63) is 53.7 Å². The summed E-state index contributed by atoms with van der Waals surface area (Å²) in [7, 11) is 1.62. The molecule has 2 aromatic rings. The topological polar surface area (TPSA) is 57.9 Å². The van der Waals surface area contributed by atoms with E-state index in [0.29, 0.717) is 17.1 Å². The molecular formula is C15H15N3O. The van der Waals surface area contributed by atoms with Crippen LogP contribution in [0.4, 0.5) is 5.82 Å². The number of aromatic nitrogens is 1. The van der Waals surface area contributed by atoms with Crippen LogP contribution < -0.4 is 10.1 Å². The van der Waals surface area contributed by atoms with E-state index in [-0.39, 0.29) is 6.04 Å². The number of pyridine rings is 1. The predicted octanol–water partition coefficient (Wildman–Crippen LogP) is 3.13. The second-order valence-electron chi connectivity index (χ2n) is 4.15. The van der Waals surface area contributed by atoms with E-state index in [2.05, 4.69) is 16.4 Å². The van der Waals surface area contributed by atoms with E-state index in [1.807, 2.05) is 43.3 Å². The summed E-state index contributed by atoms with van der Waals surface area (Å²) < 4.78 is 5.25. The Morgan fingerprint density at radius 2 is 2.00 bits per heavy atom. The number of methoxy groups -OCH3 is 1. The Hall–Kier alpha value is -2.54. The highest BCUT2D eigenvalue weighted by molar-refractivity contribution is 5.51. The Morgan fingerprint density at radius 3 is 2.63 bits per heavy atom. The first-order chi connectivity index (χ1) is 9.24. The normalized spacial score (nSPS) is 11.4. The third-order valence-corrected chi connectivity index (χ3v) is 2.88. The molecule has 0 saturated carbocycles. The van der Waals surface area contributed by atoms with Crippen molar-refractivity contribution in [2.45, 2.75) is 13.0 Å². The summed E-state index contributed by atoms with van der Waals surface area (Å²) in [6, 6.07) is 13.4. The van der Waals surface area contributed by atoms with Crippen molar-refractivity contribution in [2.75, 3.05) is 12.4 Å². The molecule has 0 spiro atoms. The molecule has 0 bridgehead atoms. The van der Waals surface area contributed by atoms with Crippen molar-refractivity contribution >= 4 is 5.82 Å². The molecule has 0 radical (unpaired) electrons. The monoisotopic (exact) mass is 253 g/mol. The Balaban J connectivity index is 2.16. The molecule has 0 fully saturated rings. The number of nitrogens with zero attached hydrogens (tertiary/aromatic N) is 2. The number of hydrogen-bond donors (Lipinski definition) is 1. The average Bonchev–Trinajstić information content (AvgIpc) is 2.48. The largest absolute Gasteiger partial charge is 0.493 e. The van der Waals surface area contributed by atoms with Crippen molar-refractivity contribution in [3.8, 4) is 11.8 Å². The fraction of sp³-hybridized carbons (Fsp3) is 0.200. The maximum Gasteiger partial charge on any atom is 0.169 e. The Kier molecular flexibility index (Phi) is 3.99. The van der Waals surface area contributed by atoms with E-state index in [0.717, 1.165) is 5.56 Å². The average molecular weight is 253 g/mol. The maximum atomic E-state index is 8.78. The smallest absolute Gasteiger partial charge is 0.169 e. The zero-order valence-electron chi connectivity index (χ0n) is 10.9. The first-order valence-electron chi connectivity index (χ1n) is 6.00. The number of benzene rings is 1. The molecule has 1 atom stereocenters. The fourth-order valence-electron chi connectivity index (χ4n) is 1.80. The summed E-state index contributed by atoms with van der Waals surface area (Å²) in [6.07, 6.45) is 1.72. The molecule has 96 valence electrons. The summed E-state index contributed by atoms with van der Waals surface area (Å²) in [5.74, 6) is 1.42. The second-order valence-corrected chi connectivity index (χ2v) is 4.15. The van der Waals surface area contributed by atoms with Crippen molar-refractivity contribution in [1.29, 1.82) is 5.26 Å². The zero-order chi connectivity index (χ0) is 13.7. The lowest BCUT2D eigenvalue weighted by molar-refractivity contribution is 0.414. The highest BCUT2D eigenvalue weighted by Crippen LogP contribution is 2.25. The minimum atomic E-state index is 0.0801. The van der Waals surface area contributed by atoms with Gasteiger partial charge in [-0.1, -0.05) is 12.1 Å². The van der Waals surface area contributed by atoms with E-state index in [1.54, 1.807) is 13.3 Å². The van der Waals surface area contributed by atoms with Crippen molar-refractivity contribution in [2.24, 2.45) is 0 Å². The molecule has 0 saturated heterocycles. The third kappa shape index (κ3) is 3.02. The number of rotatable bonds is 4. The van der Waals surface area contributed by atoms with Crippen LogP contribution in [0.1, 0.15) is 24.1 Å². The summed E-state index contributed by atoms with van der Waals surface area (Å²) in [5, 5.41) is 12.1. The van der Waals surface area contributed by atoms with Crippen LogP contribution in [0.5, 0.6) is 5.75 Å². The highest BCUT2D eigenvalue weighted by Gasteiger charge is 2.09. The number of nitriles is 1. The number of anilines is 1. The molecule has 1 aromatic carbocycles. The molecule has 4 nitrogen and oxygen atoms in total. The summed E-state index contributed by atoms with van der Waals surface area (Å²) in [6.45, 7) is 2.04. The van der Waals surface area contributed by atoms with Crippen LogP contribution in [0.25, 0.3) is 0 Å². The van der Waals surface area contributed by atoms with Crippen molar-refractivity contribution < 1.29 is 4.74 Å². The molecule has 0 amide bonds. The quantitative estimate of drug-likeness (QED) is 0.909. The SMILES string of the molecule is COc1cccnc1NC(C)c1ccc(C#N)cc1. The molecule has 4 heteroatoms. The van der Waals surface area contributed by atoms with E-state index in [4.69, 9.17) is 10.00 Å². The lowest BCUT2D eigenvalue weighted by Crippen LogP contribution is -2.08. The Morgan fingerprint density at radius 1 is 1.26 bits per heavy atom. The van der Waals surface area contributed by atoms with Gasteiger partial charge in [0.05, 0.1) is 24.8 Å². The minimum Gasteiger partial charge on any atom is -0.493 e. The van der Waals surface area contributed by atoms with Gasteiger partial charge >= 0.3 is 0 Å². The van der Waals surface area contributed by atoms with Crippen molar-refractivity contribution in [1.82, 2.24) is 4.98 Å². The van der Waals surface area contributed by atoms with Gasteiger partial charge in [-0.3, -0.25) is 0 Å². The summed E-state index contributed by atoms with van der Waals surface area (Å²) in [5.41, 5.74) is 1.75. The Labute approximate surface area is 112 Å². The van der Waals surface area contributed by atoms with Gasteiger partial charge in [0, 0.05) is 6.20 Å². The van der Waals surface area contributed by atoms with Gasteiger partial charge in [-0.05, 0) is 36.8 Å². The van der Waals surface area contributed by atoms with Gasteiger partial charge in [0.2, 0.25) is 0 Å². The lowest BCUT2D eigenvalue weighted by Gasteiger charge is -2.16. The molecule has 0 aliphatic carbocycles. The van der Waals surface area contributed by atoms with E-state index in [1.165, 1.54) is 0 Å². The molecule has 1 aromatic heterocycles. The van der Waals surface area contributed by atoms with E-state index >= 15 is 0 Å². The minimum absolute atomic E-state index is 0.0801. The summed E-state index contributed by atoms with van der Waals surface area (Å²) in [4.78, 5) is 4.26. The van der Waals surface area contributed by atoms with Gasteiger partial charge < -0.3 is 10.1 Å². The number of nitrogens with one attached hydrogen (secondary N) is 1. The molecule has 2 rings (SSSR count). The Bertz CT molecular complexity index is 587. The van der Waals surface area contributed by atoms with Crippen LogP contribution in [0.2, 0.25) is 0 Å². The molecule has 0 aliphatic heterocycles. The van der Waals surface area contributed by atoms with Crippen LogP contribution in [-0.2, 0) is 0 Å². The van der Waals surface area contributed by atoms with Gasteiger partial charge in [-0.15, -0.1) is 0 Å². The fourth-order valence-corrected chi connectivity index (χ4v) is 1.80. The highest BCUT2D eigenvalue weighted by atomic mass is 16.5. The standard InChI is InChI=1S/C15H15N3O/c1-11(13-7-5-12(10-16)6-8-13)18-15-14(19-2)4-3-9-17-15/h3-9,11H,1-2H3,(H,17,18). The molecule has 0 aliphatic rings. The van der Waals surface area contributed by atoms with E-state index in [9.17, 15) is 0 Å². The first-order valence-corrected chi connectivity index (χ1v) is 6.00. The molecule has 1 unspecified atom stereocenters. The molecular weight excluding hydrogens is 238 g/mol. The summed E-state index contributed by atoms with van der Waals surface area (Å²) >= 11 is 0. The van der Waals surface area contributed by atoms with Gasteiger partial charge in [0.1, 0.15) is 0 Å². The van der Waals surface area contributed by atoms with Crippen LogP contribution in [0.3, 0.4) is 0 Å². The van der Waals surface area contributed by atoms with E-state index < -0.39 is 0 Å². The maximum absolute atomic E-state index is 8.78. The first kappa shape index (κ1) is 12.9. The van der Waals surface area contributed by atoms with Crippen LogP contribution in [0.15, 0.2) is 42.6 Å². The molecule has 1 N–H and O–H groups in total. The lowest BCUT2D eigenvalue weighted by atomic mass is 10.1. The molecule has 1 heterocycles. The van der Waals surface area contributed by atoms with Crippen LogP contribution in [-0.4, -0.2) is 12.1 Å². The molecule has 19 heavy (non-hydrogen) atoms. The zero-order valence-corrected chi connectivity index (χ0v) is 10.9. The predicted molar refractivity (Wildman–Crippen MR) is 74.0 cm³/mol. The van der Waals surface area contributed by atoms with Gasteiger partial charge in [0.25, 0.3) is 0 Å². The van der Waals surface area contributed by atoms with Gasteiger partial charge in [0.15, 0.2) is 11.6 Å². The number of ether oxygens (including phenoxy) is 1. The van der Waals surface area contributed by atoms with Gasteiger partial charge in [-0.25, -0.2) is 4.98 Å².